The van der Waals surface area contributed by atoms with Crippen molar-refractivity contribution in [2.45, 2.75) is 0 Å². The van der Waals surface area contributed by atoms with Crippen LogP contribution in [0.2, 0.25) is 0 Å². The van der Waals surface area contributed by atoms with E-state index in [4.69, 9.17) is 0 Å². The number of aliphatic imine (C=N–C) groups is 1. The van der Waals surface area contributed by atoms with Crippen LogP contribution in [0.1, 0.15) is 0 Å². The van der Waals surface area contributed by atoms with Gasteiger partial charge in [-0.05, 0) is 0 Å². The van der Waals surface area contributed by atoms with Gasteiger partial charge in [-0.3, -0.25) is 4.99 Å². The minimum Gasteiger partial charge on any atom is -0.482 e. The van der Waals surface area contributed by atoms with Crippen LogP contribution in [0, 0.1) is 0 Å². The first-order chi connectivity index (χ1) is 2.50. The number of nitrogens with zero attached hydrogens (tertiary/aromatic N) is 1. The topological polar surface area (TPSA) is 53.1 Å². The second-order valence-electron chi connectivity index (χ2n) is 0.882. The molecule has 0 aliphatic carbocycles. The third-order valence-corrected chi connectivity index (χ3v) is 0.487. The smallest absolute Gasteiger partial charge is 0.169 e. The Morgan fingerprint density at radius 1 is 1.57 bits per heavy atom. The second kappa shape index (κ2) is 5.86. The molecule has 0 bridgehead atoms. The zero-order chi connectivity index (χ0) is 3.54. The van der Waals surface area contributed by atoms with Gasteiger partial charge in [-0.25, -0.2) is 0 Å². The second-order valence-corrected chi connectivity index (χ2v) is 0.882. The Balaban J connectivity index is 0. The minimum absolute atomic E-state index is 0. The zero-order valence-corrected chi connectivity index (χ0v) is 5.47. The molecule has 4 heteroatoms. The van der Waals surface area contributed by atoms with Gasteiger partial charge >= 0.3 is 0 Å². The average Bonchev–Trinajstić information content (AvgIpc) is 1.76. The number of hydrogen-bond acceptors (Lipinski definition) is 2. The predicted octanol–water partition coefficient (Wildman–Crippen LogP) is -0.722. The Kier molecular flexibility index (Phi) is 8.35. The molecule has 0 fully saturated rings. The third-order valence-electron chi connectivity index (χ3n) is 0.487. The third kappa shape index (κ3) is 3.70. The van der Waals surface area contributed by atoms with E-state index in [0.717, 1.165) is 13.2 Å². The summed E-state index contributed by atoms with van der Waals surface area (Å²) in [5.74, 6) is 0. The van der Waals surface area contributed by atoms with Crippen molar-refractivity contribution >= 4 is 16.3 Å². The van der Waals surface area contributed by atoms with E-state index in [1.807, 2.05) is 0 Å². The van der Waals surface area contributed by atoms with E-state index in [0.29, 0.717) is 0 Å². The summed E-state index contributed by atoms with van der Waals surface area (Å²) >= 11 is 0. The van der Waals surface area contributed by atoms with Crippen molar-refractivity contribution in [3.63, 3.8) is 0 Å². The molecule has 1 rings (SSSR count). The lowest BCUT2D eigenvalue weighted by molar-refractivity contribution is 0.361. The van der Waals surface area contributed by atoms with Crippen molar-refractivity contribution in [1.82, 2.24) is 0 Å². The lowest BCUT2D eigenvalue weighted by Crippen LogP contribution is -1.80. The van der Waals surface area contributed by atoms with E-state index >= 15 is 0 Å². The minimum atomic E-state index is 0. The SMILES string of the molecule is C1=NCCO1.O.P. The van der Waals surface area contributed by atoms with Crippen molar-refractivity contribution in [1.29, 1.82) is 0 Å². The van der Waals surface area contributed by atoms with Gasteiger partial charge in [0.15, 0.2) is 6.40 Å². The van der Waals surface area contributed by atoms with Gasteiger partial charge in [0.1, 0.15) is 6.61 Å². The summed E-state index contributed by atoms with van der Waals surface area (Å²) in [6.45, 7) is 1.62. The number of ether oxygens (including phenoxy) is 1. The van der Waals surface area contributed by atoms with Gasteiger partial charge in [0.05, 0.1) is 6.54 Å². The molecule has 0 saturated carbocycles. The van der Waals surface area contributed by atoms with Gasteiger partial charge in [-0.15, -0.1) is 0 Å². The summed E-state index contributed by atoms with van der Waals surface area (Å²) in [6.07, 6.45) is 1.49. The van der Waals surface area contributed by atoms with Crippen LogP contribution in [0.3, 0.4) is 0 Å². The first-order valence-corrected chi connectivity index (χ1v) is 1.60. The molecule has 1 unspecified atom stereocenters. The number of rotatable bonds is 0. The van der Waals surface area contributed by atoms with Gasteiger partial charge in [-0.1, -0.05) is 0 Å². The molecular weight excluding hydrogens is 113 g/mol. The summed E-state index contributed by atoms with van der Waals surface area (Å²) < 4.78 is 4.65. The molecular formula is C3H10NO2P. The molecule has 0 saturated heterocycles. The summed E-state index contributed by atoms with van der Waals surface area (Å²) in [5, 5.41) is 0. The van der Waals surface area contributed by atoms with Crippen LogP contribution in [0.15, 0.2) is 4.99 Å². The summed E-state index contributed by atoms with van der Waals surface area (Å²) in [6, 6.07) is 0. The maximum atomic E-state index is 4.65. The molecule has 1 heterocycles. The largest absolute Gasteiger partial charge is 0.482 e. The van der Waals surface area contributed by atoms with Crippen molar-refractivity contribution < 1.29 is 10.2 Å². The number of hydrogen-bond donors (Lipinski definition) is 0. The van der Waals surface area contributed by atoms with Gasteiger partial charge < -0.3 is 10.2 Å². The quantitative estimate of drug-likeness (QED) is 0.392. The molecule has 2 N–H and O–H groups in total. The molecule has 0 aromatic heterocycles. The molecule has 1 atom stereocenters. The van der Waals surface area contributed by atoms with E-state index in [9.17, 15) is 0 Å². The van der Waals surface area contributed by atoms with Crippen LogP contribution in [0.4, 0.5) is 0 Å². The standard InChI is InChI=1S/C3H5NO.H2O.H3P/c1-2-5-3-4-1;;/h3H,1-2H2;1H2;1H3. The van der Waals surface area contributed by atoms with Crippen molar-refractivity contribution in [2.75, 3.05) is 13.2 Å². The molecule has 7 heavy (non-hydrogen) atoms. The van der Waals surface area contributed by atoms with E-state index in [2.05, 4.69) is 9.73 Å². The van der Waals surface area contributed by atoms with E-state index in [-0.39, 0.29) is 15.4 Å². The first-order valence-electron chi connectivity index (χ1n) is 1.60. The highest BCUT2D eigenvalue weighted by molar-refractivity contribution is 6.92. The molecule has 1 aliphatic rings. The zero-order valence-electron chi connectivity index (χ0n) is 4.05. The van der Waals surface area contributed by atoms with E-state index < -0.39 is 0 Å². The molecule has 0 radical (unpaired) electrons. The molecule has 0 spiro atoms. The normalized spacial score (nSPS) is 13.7. The summed E-state index contributed by atoms with van der Waals surface area (Å²) in [4.78, 5) is 3.74. The monoisotopic (exact) mass is 123 g/mol. The fourth-order valence-electron chi connectivity index (χ4n) is 0.264. The summed E-state index contributed by atoms with van der Waals surface area (Å²) in [7, 11) is 0. The molecule has 0 amide bonds. The molecule has 3 nitrogen and oxygen atoms in total. The highest BCUT2D eigenvalue weighted by atomic mass is 31.0. The Hall–Kier alpha value is -0.140. The predicted molar refractivity (Wildman–Crippen MR) is 34.0 cm³/mol. The Labute approximate surface area is 45.7 Å². The van der Waals surface area contributed by atoms with Gasteiger partial charge in [0, 0.05) is 0 Å². The van der Waals surface area contributed by atoms with E-state index in [1.54, 1.807) is 0 Å². The van der Waals surface area contributed by atoms with Gasteiger partial charge in [-0.2, -0.15) is 9.90 Å². The van der Waals surface area contributed by atoms with Crippen LogP contribution >= 0.6 is 9.90 Å². The summed E-state index contributed by atoms with van der Waals surface area (Å²) in [5.41, 5.74) is 0. The first kappa shape index (κ1) is 9.97. The fraction of sp³-hybridized carbons (Fsp3) is 0.667. The van der Waals surface area contributed by atoms with Crippen LogP contribution in [-0.4, -0.2) is 25.0 Å². The van der Waals surface area contributed by atoms with Crippen molar-refractivity contribution in [2.24, 2.45) is 4.99 Å². The Bertz CT molecular complexity index is 50.9. The average molecular weight is 123 g/mol. The molecule has 0 aromatic rings. The maximum Gasteiger partial charge on any atom is 0.169 e. The highest BCUT2D eigenvalue weighted by Gasteiger charge is 1.84. The Morgan fingerprint density at radius 3 is 2.43 bits per heavy atom. The van der Waals surface area contributed by atoms with E-state index in [1.165, 1.54) is 6.40 Å². The van der Waals surface area contributed by atoms with Crippen molar-refractivity contribution in [3.8, 4) is 0 Å². The maximum absolute atomic E-state index is 4.65. The highest BCUT2D eigenvalue weighted by Crippen LogP contribution is 1.78. The lowest BCUT2D eigenvalue weighted by Gasteiger charge is -1.76. The molecule has 44 valence electrons. The van der Waals surface area contributed by atoms with Gasteiger partial charge in [0.25, 0.3) is 0 Å². The van der Waals surface area contributed by atoms with Crippen molar-refractivity contribution in [3.05, 3.63) is 0 Å². The van der Waals surface area contributed by atoms with Crippen LogP contribution in [0.5, 0.6) is 0 Å². The van der Waals surface area contributed by atoms with Crippen LogP contribution < -0.4 is 0 Å². The van der Waals surface area contributed by atoms with Gasteiger partial charge in [0.2, 0.25) is 0 Å². The fourth-order valence-corrected chi connectivity index (χ4v) is 0.264. The van der Waals surface area contributed by atoms with Crippen LogP contribution in [-0.2, 0) is 4.74 Å². The molecule has 1 aliphatic heterocycles. The van der Waals surface area contributed by atoms with Crippen LogP contribution in [0.25, 0.3) is 0 Å². The molecule has 0 aromatic carbocycles. The lowest BCUT2D eigenvalue weighted by atomic mass is 10.8. The Morgan fingerprint density at radius 2 is 2.29 bits per heavy atom.